The highest BCUT2D eigenvalue weighted by Gasteiger charge is 2.26. The van der Waals surface area contributed by atoms with Gasteiger partial charge in [-0.1, -0.05) is 31.0 Å². The molecule has 0 radical (unpaired) electrons. The Bertz CT molecular complexity index is 561. The van der Waals surface area contributed by atoms with Gasteiger partial charge in [-0.25, -0.2) is 0 Å². The van der Waals surface area contributed by atoms with E-state index >= 15 is 0 Å². The number of rotatable bonds is 6. The Labute approximate surface area is 156 Å². The van der Waals surface area contributed by atoms with Crippen molar-refractivity contribution >= 4 is 17.3 Å². The molecule has 3 atom stereocenters. The van der Waals surface area contributed by atoms with Gasteiger partial charge in [0.1, 0.15) is 0 Å². The lowest BCUT2D eigenvalue weighted by Gasteiger charge is -2.37. The summed E-state index contributed by atoms with van der Waals surface area (Å²) in [6, 6.07) is 6.07. The van der Waals surface area contributed by atoms with E-state index in [1.807, 2.05) is 6.07 Å². The Kier molecular flexibility index (Phi) is 6.61. The lowest BCUT2D eigenvalue weighted by atomic mass is 10.1. The molecule has 1 saturated heterocycles. The van der Waals surface area contributed by atoms with E-state index < -0.39 is 6.10 Å². The van der Waals surface area contributed by atoms with E-state index in [9.17, 15) is 5.11 Å². The number of hydrogen-bond acceptors (Lipinski definition) is 4. The van der Waals surface area contributed by atoms with Crippen molar-refractivity contribution in [2.75, 3.05) is 44.2 Å². The van der Waals surface area contributed by atoms with Gasteiger partial charge in [-0.3, -0.25) is 4.90 Å². The van der Waals surface area contributed by atoms with Crippen LogP contribution in [0.1, 0.15) is 31.7 Å². The van der Waals surface area contributed by atoms with Gasteiger partial charge in [0, 0.05) is 43.4 Å². The van der Waals surface area contributed by atoms with Crippen molar-refractivity contribution in [3.8, 4) is 0 Å². The standard InChI is InChI=1S/C20H31ClN2O2/c1-15-6-7-17(21)12-19(15)23-10-8-22(9-11-23)13-18(24)14-25-20-5-3-4-16(20)2/h6-7,12,16,18,20,24H,3-5,8-11,13-14H2,1-2H3/t16-,18+,20-/m1/s1. The zero-order valence-corrected chi connectivity index (χ0v) is 16.2. The summed E-state index contributed by atoms with van der Waals surface area (Å²) in [5.41, 5.74) is 2.49. The summed E-state index contributed by atoms with van der Waals surface area (Å²) in [6.45, 7) is 9.39. The second-order valence-corrected chi connectivity index (χ2v) is 8.09. The molecule has 1 aliphatic carbocycles. The van der Waals surface area contributed by atoms with E-state index in [0.717, 1.165) is 37.6 Å². The van der Waals surface area contributed by atoms with Crippen LogP contribution >= 0.6 is 11.6 Å². The Hall–Kier alpha value is -0.810. The van der Waals surface area contributed by atoms with E-state index in [4.69, 9.17) is 16.3 Å². The number of halogens is 1. The fourth-order valence-corrected chi connectivity index (χ4v) is 4.21. The van der Waals surface area contributed by atoms with Crippen LogP contribution in [0.3, 0.4) is 0 Å². The fraction of sp³-hybridized carbons (Fsp3) is 0.700. The summed E-state index contributed by atoms with van der Waals surface area (Å²) < 4.78 is 5.94. The van der Waals surface area contributed by atoms with E-state index in [0.29, 0.717) is 25.2 Å². The molecule has 1 saturated carbocycles. The molecule has 0 bridgehead atoms. The number of ether oxygens (including phenoxy) is 1. The third kappa shape index (κ3) is 5.10. The van der Waals surface area contributed by atoms with Gasteiger partial charge in [0.05, 0.1) is 18.8 Å². The maximum Gasteiger partial charge on any atom is 0.0900 e. The Morgan fingerprint density at radius 3 is 2.68 bits per heavy atom. The summed E-state index contributed by atoms with van der Waals surface area (Å²) >= 11 is 6.15. The predicted molar refractivity (Wildman–Crippen MR) is 104 cm³/mol. The van der Waals surface area contributed by atoms with Crippen molar-refractivity contribution in [3.05, 3.63) is 28.8 Å². The van der Waals surface area contributed by atoms with Crippen LogP contribution in [0.25, 0.3) is 0 Å². The number of piperazine rings is 1. The summed E-state index contributed by atoms with van der Waals surface area (Å²) in [5, 5.41) is 11.1. The van der Waals surface area contributed by atoms with Crippen LogP contribution in [-0.4, -0.2) is 61.5 Å². The number of benzene rings is 1. The van der Waals surface area contributed by atoms with Crippen molar-refractivity contribution in [1.82, 2.24) is 4.90 Å². The Morgan fingerprint density at radius 1 is 1.24 bits per heavy atom. The predicted octanol–water partition coefficient (Wildman–Crippen LogP) is 3.34. The first-order chi connectivity index (χ1) is 12.0. The molecule has 2 fully saturated rings. The second-order valence-electron chi connectivity index (χ2n) is 7.65. The Balaban J connectivity index is 1.42. The molecule has 0 aromatic heterocycles. The lowest BCUT2D eigenvalue weighted by Crippen LogP contribution is -2.49. The molecule has 4 nitrogen and oxygen atoms in total. The highest BCUT2D eigenvalue weighted by Crippen LogP contribution is 2.28. The minimum Gasteiger partial charge on any atom is -0.389 e. The zero-order valence-electron chi connectivity index (χ0n) is 15.5. The van der Waals surface area contributed by atoms with Crippen LogP contribution in [0.5, 0.6) is 0 Å². The number of nitrogens with zero attached hydrogens (tertiary/aromatic N) is 2. The van der Waals surface area contributed by atoms with Crippen LogP contribution < -0.4 is 4.90 Å². The normalized spacial score (nSPS) is 26.2. The van der Waals surface area contributed by atoms with Gasteiger partial charge in [0.25, 0.3) is 0 Å². The quantitative estimate of drug-likeness (QED) is 0.837. The topological polar surface area (TPSA) is 35.9 Å². The third-order valence-corrected chi connectivity index (χ3v) is 5.87. The van der Waals surface area contributed by atoms with Crippen molar-refractivity contribution in [1.29, 1.82) is 0 Å². The minimum atomic E-state index is -0.396. The summed E-state index contributed by atoms with van der Waals surface area (Å²) in [4.78, 5) is 4.73. The van der Waals surface area contributed by atoms with Crippen molar-refractivity contribution in [2.24, 2.45) is 5.92 Å². The molecule has 0 amide bonds. The second kappa shape index (κ2) is 8.72. The van der Waals surface area contributed by atoms with Crippen LogP contribution in [-0.2, 0) is 4.74 Å². The van der Waals surface area contributed by atoms with Crippen LogP contribution in [0.2, 0.25) is 5.02 Å². The van der Waals surface area contributed by atoms with E-state index in [1.165, 1.54) is 24.1 Å². The SMILES string of the molecule is Cc1ccc(Cl)cc1N1CCN(C[C@H](O)CO[C@@H]2CCC[C@H]2C)CC1. The van der Waals surface area contributed by atoms with Gasteiger partial charge in [-0.15, -0.1) is 0 Å². The molecule has 0 unspecified atom stereocenters. The summed E-state index contributed by atoms with van der Waals surface area (Å²) in [7, 11) is 0. The number of aliphatic hydroxyl groups is 1. The molecule has 25 heavy (non-hydrogen) atoms. The van der Waals surface area contributed by atoms with Gasteiger partial charge in [-0.2, -0.15) is 0 Å². The maximum absolute atomic E-state index is 10.3. The maximum atomic E-state index is 10.3. The third-order valence-electron chi connectivity index (χ3n) is 5.64. The molecular formula is C20H31ClN2O2. The minimum absolute atomic E-state index is 0.345. The van der Waals surface area contributed by atoms with E-state index in [-0.39, 0.29) is 0 Å². The molecule has 2 aliphatic rings. The van der Waals surface area contributed by atoms with Crippen molar-refractivity contribution in [3.63, 3.8) is 0 Å². The highest BCUT2D eigenvalue weighted by molar-refractivity contribution is 6.30. The molecule has 0 spiro atoms. The van der Waals surface area contributed by atoms with Gasteiger partial charge < -0.3 is 14.7 Å². The first kappa shape index (κ1) is 19.0. The summed E-state index contributed by atoms with van der Waals surface area (Å²) in [6.07, 6.45) is 3.61. The number of aryl methyl sites for hydroxylation is 1. The van der Waals surface area contributed by atoms with Gasteiger partial charge >= 0.3 is 0 Å². The number of anilines is 1. The average Bonchev–Trinajstić information content (AvgIpc) is 3.01. The largest absolute Gasteiger partial charge is 0.389 e. The number of aliphatic hydroxyl groups excluding tert-OH is 1. The number of hydrogen-bond donors (Lipinski definition) is 1. The van der Waals surface area contributed by atoms with E-state index in [2.05, 4.69) is 35.8 Å². The van der Waals surface area contributed by atoms with E-state index in [1.54, 1.807) is 0 Å². The Morgan fingerprint density at radius 2 is 2.00 bits per heavy atom. The van der Waals surface area contributed by atoms with Crippen LogP contribution in [0, 0.1) is 12.8 Å². The molecule has 1 aliphatic heterocycles. The molecular weight excluding hydrogens is 336 g/mol. The first-order valence-electron chi connectivity index (χ1n) is 9.56. The lowest BCUT2D eigenvalue weighted by molar-refractivity contribution is -0.0321. The van der Waals surface area contributed by atoms with Gasteiger partial charge in [0.2, 0.25) is 0 Å². The summed E-state index contributed by atoms with van der Waals surface area (Å²) in [5.74, 6) is 0.636. The molecule has 1 aromatic carbocycles. The van der Waals surface area contributed by atoms with Crippen molar-refractivity contribution in [2.45, 2.75) is 45.3 Å². The monoisotopic (exact) mass is 366 g/mol. The molecule has 3 rings (SSSR count). The molecule has 1 aromatic rings. The average molecular weight is 367 g/mol. The van der Waals surface area contributed by atoms with Crippen LogP contribution in [0.4, 0.5) is 5.69 Å². The van der Waals surface area contributed by atoms with Gasteiger partial charge in [0.15, 0.2) is 0 Å². The first-order valence-corrected chi connectivity index (χ1v) is 9.94. The van der Waals surface area contributed by atoms with Crippen molar-refractivity contribution < 1.29 is 9.84 Å². The molecule has 140 valence electrons. The smallest absolute Gasteiger partial charge is 0.0900 e. The molecule has 5 heteroatoms. The zero-order chi connectivity index (χ0) is 17.8. The van der Waals surface area contributed by atoms with Gasteiger partial charge in [-0.05, 0) is 43.4 Å². The molecule has 1 N–H and O–H groups in total. The highest BCUT2D eigenvalue weighted by atomic mass is 35.5. The molecule has 1 heterocycles. The van der Waals surface area contributed by atoms with Crippen LogP contribution in [0.15, 0.2) is 18.2 Å². The fourth-order valence-electron chi connectivity index (χ4n) is 4.04. The number of β-amino-alcohol motifs (C(OH)–C–C–N with tert-alkyl or cyclic N) is 1.